The Labute approximate surface area is 121 Å². The molecule has 1 aromatic carbocycles. The van der Waals surface area contributed by atoms with Gasteiger partial charge in [0.05, 0.1) is 5.92 Å². The second-order valence-corrected chi connectivity index (χ2v) is 6.14. The molecule has 2 saturated carbocycles. The van der Waals surface area contributed by atoms with Crippen LogP contribution >= 0.6 is 0 Å². The van der Waals surface area contributed by atoms with Gasteiger partial charge >= 0.3 is 6.18 Å². The fourth-order valence-corrected chi connectivity index (χ4v) is 3.94. The van der Waals surface area contributed by atoms with Crippen molar-refractivity contribution < 1.29 is 23.1 Å². The van der Waals surface area contributed by atoms with Crippen molar-refractivity contribution in [3.05, 3.63) is 35.9 Å². The first kappa shape index (κ1) is 14.6. The molecule has 0 spiro atoms. The number of halogens is 3. The molecule has 0 unspecified atom stereocenters. The van der Waals surface area contributed by atoms with Gasteiger partial charge in [-0.15, -0.1) is 0 Å². The Morgan fingerprint density at radius 3 is 2.38 bits per heavy atom. The molecule has 21 heavy (non-hydrogen) atoms. The molecule has 2 fully saturated rings. The summed E-state index contributed by atoms with van der Waals surface area (Å²) >= 11 is 0. The van der Waals surface area contributed by atoms with Crippen molar-refractivity contribution in [1.29, 1.82) is 0 Å². The van der Waals surface area contributed by atoms with Crippen LogP contribution in [0, 0.1) is 11.8 Å². The molecule has 2 aliphatic rings. The standard InChI is InChI=1S/C16H17F3O2/c17-16(18,19)15(21)9-12(10-5-2-1-3-6-10)11-7-4-8-13(15)14(11)20/h1-3,5-6,11-13,21H,4,7-9H2/t11-,12-,13-,15-/m0/s1. The Hall–Kier alpha value is -1.36. The summed E-state index contributed by atoms with van der Waals surface area (Å²) in [6.07, 6.45) is -3.89. The molecule has 0 heterocycles. The van der Waals surface area contributed by atoms with Crippen LogP contribution < -0.4 is 0 Å². The van der Waals surface area contributed by atoms with Crippen molar-refractivity contribution in [1.82, 2.24) is 0 Å². The highest BCUT2D eigenvalue weighted by Gasteiger charge is 2.65. The van der Waals surface area contributed by atoms with Gasteiger partial charge in [-0.05, 0) is 30.7 Å². The number of Topliss-reactive ketones (excluding diaryl/α,β-unsaturated/α-hetero) is 1. The minimum atomic E-state index is -4.78. The monoisotopic (exact) mass is 298 g/mol. The summed E-state index contributed by atoms with van der Waals surface area (Å²) in [5.74, 6) is -2.66. The van der Waals surface area contributed by atoms with Crippen LogP contribution in [0.5, 0.6) is 0 Å². The van der Waals surface area contributed by atoms with Crippen molar-refractivity contribution in [2.24, 2.45) is 11.8 Å². The van der Waals surface area contributed by atoms with Gasteiger partial charge in [-0.3, -0.25) is 4.79 Å². The van der Waals surface area contributed by atoms with E-state index in [0.29, 0.717) is 18.4 Å². The van der Waals surface area contributed by atoms with Crippen LogP contribution in [0.4, 0.5) is 13.2 Å². The van der Waals surface area contributed by atoms with Crippen LogP contribution in [0.1, 0.15) is 37.2 Å². The molecule has 0 amide bonds. The Bertz CT molecular complexity index is 540. The van der Waals surface area contributed by atoms with Crippen LogP contribution in [-0.4, -0.2) is 22.7 Å². The molecule has 2 nitrogen and oxygen atoms in total. The minimum Gasteiger partial charge on any atom is -0.380 e. The number of benzene rings is 1. The Balaban J connectivity index is 2.04. The molecule has 5 heteroatoms. The third kappa shape index (κ3) is 2.18. The Kier molecular flexibility index (Phi) is 3.35. The Morgan fingerprint density at radius 2 is 1.76 bits per heavy atom. The van der Waals surface area contributed by atoms with Gasteiger partial charge in [0.1, 0.15) is 5.78 Å². The highest BCUT2D eigenvalue weighted by Crippen LogP contribution is 2.55. The van der Waals surface area contributed by atoms with E-state index in [9.17, 15) is 23.1 Å². The second kappa shape index (κ2) is 4.83. The smallest absolute Gasteiger partial charge is 0.380 e. The van der Waals surface area contributed by atoms with E-state index in [2.05, 4.69) is 0 Å². The SMILES string of the molecule is O=C1[C@H]2CCC[C@@H]1[C@](O)(C(F)(F)F)C[C@H]2c1ccccc1. The number of carbonyl (C=O) groups excluding carboxylic acids is 1. The predicted octanol–water partition coefficient (Wildman–Crippen LogP) is 3.45. The number of carbonyl (C=O) groups is 1. The van der Waals surface area contributed by atoms with Gasteiger partial charge in [0.25, 0.3) is 0 Å². The fraction of sp³-hybridized carbons (Fsp3) is 0.562. The van der Waals surface area contributed by atoms with Gasteiger partial charge in [-0.25, -0.2) is 0 Å². The molecular weight excluding hydrogens is 281 g/mol. The summed E-state index contributed by atoms with van der Waals surface area (Å²) in [5, 5.41) is 10.3. The van der Waals surface area contributed by atoms with E-state index >= 15 is 0 Å². The average molecular weight is 298 g/mol. The van der Waals surface area contributed by atoms with E-state index in [-0.39, 0.29) is 6.42 Å². The van der Waals surface area contributed by atoms with Gasteiger partial charge in [0.15, 0.2) is 5.60 Å². The maximum absolute atomic E-state index is 13.4. The molecule has 2 bridgehead atoms. The number of aliphatic hydroxyl groups is 1. The summed E-state index contributed by atoms with van der Waals surface area (Å²) in [6.45, 7) is 0. The van der Waals surface area contributed by atoms with Crippen LogP contribution in [-0.2, 0) is 4.79 Å². The zero-order chi connectivity index (χ0) is 15.3. The van der Waals surface area contributed by atoms with Crippen molar-refractivity contribution >= 4 is 5.78 Å². The summed E-state index contributed by atoms with van der Waals surface area (Å²) in [7, 11) is 0. The van der Waals surface area contributed by atoms with E-state index in [1.165, 1.54) is 0 Å². The fourth-order valence-electron chi connectivity index (χ4n) is 3.94. The lowest BCUT2D eigenvalue weighted by atomic mass is 9.57. The average Bonchev–Trinajstić information content (AvgIpc) is 2.43. The summed E-state index contributed by atoms with van der Waals surface area (Å²) in [5.41, 5.74) is -2.18. The Morgan fingerprint density at radius 1 is 1.10 bits per heavy atom. The zero-order valence-electron chi connectivity index (χ0n) is 11.4. The van der Waals surface area contributed by atoms with E-state index in [1.54, 1.807) is 30.3 Å². The normalized spacial score (nSPS) is 36.6. The number of fused-ring (bicyclic) bond motifs is 2. The van der Waals surface area contributed by atoms with E-state index in [0.717, 1.165) is 0 Å². The first-order chi connectivity index (χ1) is 9.84. The number of hydrogen-bond donors (Lipinski definition) is 1. The van der Waals surface area contributed by atoms with Crippen molar-refractivity contribution in [3.63, 3.8) is 0 Å². The van der Waals surface area contributed by atoms with Crippen LogP contribution in [0.25, 0.3) is 0 Å². The van der Waals surface area contributed by atoms with Crippen molar-refractivity contribution in [3.8, 4) is 0 Å². The predicted molar refractivity (Wildman–Crippen MR) is 70.6 cm³/mol. The molecule has 4 atom stereocenters. The number of alkyl halides is 3. The summed E-state index contributed by atoms with van der Waals surface area (Å²) in [4.78, 5) is 12.4. The second-order valence-electron chi connectivity index (χ2n) is 6.14. The molecule has 1 N–H and O–H groups in total. The lowest BCUT2D eigenvalue weighted by molar-refractivity contribution is -0.289. The third-order valence-electron chi connectivity index (χ3n) is 5.03. The van der Waals surface area contributed by atoms with Crippen LogP contribution in [0.3, 0.4) is 0 Å². The van der Waals surface area contributed by atoms with Gasteiger partial charge < -0.3 is 5.11 Å². The van der Waals surface area contributed by atoms with Gasteiger partial charge in [0.2, 0.25) is 0 Å². The van der Waals surface area contributed by atoms with Crippen LogP contribution in [0.2, 0.25) is 0 Å². The quantitative estimate of drug-likeness (QED) is 0.862. The first-order valence-electron chi connectivity index (χ1n) is 7.22. The molecule has 114 valence electrons. The van der Waals surface area contributed by atoms with E-state index < -0.39 is 41.7 Å². The van der Waals surface area contributed by atoms with Gasteiger partial charge in [-0.2, -0.15) is 13.2 Å². The van der Waals surface area contributed by atoms with Crippen molar-refractivity contribution in [2.75, 3.05) is 0 Å². The molecule has 0 aliphatic heterocycles. The highest BCUT2D eigenvalue weighted by atomic mass is 19.4. The maximum atomic E-state index is 13.4. The number of ketones is 1. The number of hydrogen-bond acceptors (Lipinski definition) is 2. The molecule has 0 saturated heterocycles. The molecule has 3 rings (SSSR count). The minimum absolute atomic E-state index is 0.132. The maximum Gasteiger partial charge on any atom is 0.417 e. The highest BCUT2D eigenvalue weighted by molar-refractivity contribution is 5.87. The van der Waals surface area contributed by atoms with Gasteiger partial charge in [-0.1, -0.05) is 36.8 Å². The topological polar surface area (TPSA) is 37.3 Å². The lowest BCUT2D eigenvalue weighted by Crippen LogP contribution is -2.61. The zero-order valence-corrected chi connectivity index (χ0v) is 11.4. The summed E-state index contributed by atoms with van der Waals surface area (Å²) in [6, 6.07) is 8.77. The lowest BCUT2D eigenvalue weighted by Gasteiger charge is -2.49. The van der Waals surface area contributed by atoms with Crippen LogP contribution in [0.15, 0.2) is 30.3 Å². The first-order valence-corrected chi connectivity index (χ1v) is 7.22. The van der Waals surface area contributed by atoms with E-state index in [1.807, 2.05) is 0 Å². The molecule has 0 aromatic heterocycles. The molecular formula is C16H17F3O2. The van der Waals surface area contributed by atoms with E-state index in [4.69, 9.17) is 0 Å². The molecule has 1 aromatic rings. The summed E-state index contributed by atoms with van der Waals surface area (Å²) < 4.78 is 40.1. The van der Waals surface area contributed by atoms with Gasteiger partial charge in [0, 0.05) is 5.92 Å². The third-order valence-corrected chi connectivity index (χ3v) is 5.03. The molecule has 0 radical (unpaired) electrons. The largest absolute Gasteiger partial charge is 0.417 e. The van der Waals surface area contributed by atoms with Crippen molar-refractivity contribution in [2.45, 2.75) is 43.4 Å². The number of rotatable bonds is 1. The molecule has 2 aliphatic carbocycles.